The molecule has 0 N–H and O–H groups in total. The lowest BCUT2D eigenvalue weighted by atomic mass is 9.99. The Morgan fingerprint density at radius 2 is 1.76 bits per heavy atom. The molecule has 112 valence electrons. The highest BCUT2D eigenvalue weighted by Gasteiger charge is 2.34. The molecule has 0 saturated carbocycles. The van der Waals surface area contributed by atoms with Gasteiger partial charge in [-0.1, -0.05) is 35.9 Å². The van der Waals surface area contributed by atoms with Crippen molar-refractivity contribution >= 4 is 23.2 Å². The number of hydrogen-bond acceptors (Lipinski definition) is 1. The van der Waals surface area contributed by atoms with Crippen molar-refractivity contribution in [2.75, 3.05) is 7.11 Å². The molecule has 21 heavy (non-hydrogen) atoms. The van der Waals surface area contributed by atoms with Crippen molar-refractivity contribution in [3.8, 4) is 5.75 Å². The van der Waals surface area contributed by atoms with Crippen LogP contribution in [0.1, 0.15) is 22.1 Å². The summed E-state index contributed by atoms with van der Waals surface area (Å²) >= 11 is 12.2. The van der Waals surface area contributed by atoms with Crippen molar-refractivity contribution in [2.24, 2.45) is 0 Å². The predicted octanol–water partition coefficient (Wildman–Crippen LogP) is 5.70. The molecule has 0 fully saturated rings. The van der Waals surface area contributed by atoms with Gasteiger partial charge in [-0.2, -0.15) is 13.2 Å². The number of ether oxygens (including phenoxy) is 1. The molecule has 1 atom stereocenters. The smallest absolute Gasteiger partial charge is 0.416 e. The maximum Gasteiger partial charge on any atom is 0.416 e. The summed E-state index contributed by atoms with van der Waals surface area (Å²) in [6, 6.07) is 9.89. The highest BCUT2D eigenvalue weighted by atomic mass is 35.5. The first-order valence-corrected chi connectivity index (χ1v) is 6.79. The first kappa shape index (κ1) is 16.0. The molecule has 2 aromatic rings. The van der Waals surface area contributed by atoms with E-state index in [9.17, 15) is 13.2 Å². The van der Waals surface area contributed by atoms with Gasteiger partial charge < -0.3 is 4.74 Å². The molecule has 0 saturated heterocycles. The number of alkyl halides is 4. The first-order chi connectivity index (χ1) is 9.84. The van der Waals surface area contributed by atoms with Crippen LogP contribution in [0.5, 0.6) is 5.75 Å². The Morgan fingerprint density at radius 3 is 2.33 bits per heavy atom. The van der Waals surface area contributed by atoms with Crippen LogP contribution in [-0.2, 0) is 6.18 Å². The summed E-state index contributed by atoms with van der Waals surface area (Å²) in [5.41, 5.74) is -0.288. The molecular weight excluding hydrogens is 324 g/mol. The quantitative estimate of drug-likeness (QED) is 0.654. The van der Waals surface area contributed by atoms with Gasteiger partial charge in [0.05, 0.1) is 23.1 Å². The van der Waals surface area contributed by atoms with Gasteiger partial charge in [-0.05, 0) is 29.3 Å². The molecule has 2 rings (SSSR count). The van der Waals surface area contributed by atoms with Crippen LogP contribution in [0, 0.1) is 0 Å². The minimum Gasteiger partial charge on any atom is -0.495 e. The Balaban J connectivity index is 2.45. The molecule has 0 aromatic heterocycles. The van der Waals surface area contributed by atoms with Crippen LogP contribution in [0.2, 0.25) is 5.02 Å². The summed E-state index contributed by atoms with van der Waals surface area (Å²) < 4.78 is 44.1. The molecule has 6 heteroatoms. The van der Waals surface area contributed by atoms with Crippen LogP contribution in [0.3, 0.4) is 0 Å². The highest BCUT2D eigenvalue weighted by Crippen LogP contribution is 2.40. The van der Waals surface area contributed by atoms with Gasteiger partial charge in [0.15, 0.2) is 0 Å². The molecule has 2 aromatic carbocycles. The van der Waals surface area contributed by atoms with E-state index in [-0.39, 0.29) is 5.56 Å². The molecule has 0 amide bonds. The minimum atomic E-state index is -4.46. The third-order valence-corrected chi connectivity index (χ3v) is 3.79. The summed E-state index contributed by atoms with van der Waals surface area (Å²) in [5, 5.41) is -0.656. The van der Waals surface area contributed by atoms with Crippen LogP contribution in [-0.4, -0.2) is 7.11 Å². The lowest BCUT2D eigenvalue weighted by molar-refractivity contribution is -0.138. The predicted molar refractivity (Wildman–Crippen MR) is 77.1 cm³/mol. The molecule has 0 spiro atoms. The Labute approximate surface area is 130 Å². The van der Waals surface area contributed by atoms with Gasteiger partial charge in [0.2, 0.25) is 0 Å². The van der Waals surface area contributed by atoms with E-state index in [2.05, 4.69) is 0 Å². The number of benzene rings is 2. The van der Waals surface area contributed by atoms with E-state index in [4.69, 9.17) is 27.9 Å². The fraction of sp³-hybridized carbons (Fsp3) is 0.200. The Bertz CT molecular complexity index is 641. The number of hydrogen-bond donors (Lipinski definition) is 0. The van der Waals surface area contributed by atoms with Crippen LogP contribution >= 0.6 is 23.2 Å². The zero-order valence-corrected chi connectivity index (χ0v) is 12.4. The first-order valence-electron chi connectivity index (χ1n) is 5.98. The normalized spacial score (nSPS) is 13.0. The molecule has 1 nitrogen and oxygen atoms in total. The zero-order chi connectivity index (χ0) is 15.6. The van der Waals surface area contributed by atoms with Gasteiger partial charge in [-0.25, -0.2) is 0 Å². The van der Waals surface area contributed by atoms with Crippen LogP contribution in [0.4, 0.5) is 13.2 Å². The third-order valence-electron chi connectivity index (χ3n) is 3.01. The van der Waals surface area contributed by atoms with E-state index in [0.29, 0.717) is 16.3 Å². The molecule has 0 radical (unpaired) electrons. The number of methoxy groups -OCH3 is 1. The third kappa shape index (κ3) is 3.44. The van der Waals surface area contributed by atoms with Gasteiger partial charge in [-0.3, -0.25) is 0 Å². The molecule has 0 heterocycles. The summed E-state index contributed by atoms with van der Waals surface area (Å²) in [6.07, 6.45) is -4.46. The van der Waals surface area contributed by atoms with E-state index < -0.39 is 17.1 Å². The van der Waals surface area contributed by atoms with Gasteiger partial charge in [0, 0.05) is 0 Å². The van der Waals surface area contributed by atoms with Crippen molar-refractivity contribution < 1.29 is 17.9 Å². The molecule has 1 unspecified atom stereocenters. The van der Waals surface area contributed by atoms with E-state index in [1.165, 1.54) is 31.4 Å². The van der Waals surface area contributed by atoms with Crippen molar-refractivity contribution in [1.82, 2.24) is 0 Å². The lowest BCUT2D eigenvalue weighted by Crippen LogP contribution is -2.10. The SMILES string of the molecule is COc1ccc(C(Cl)c2ccccc2C(F)(F)F)cc1Cl. The van der Waals surface area contributed by atoms with Crippen molar-refractivity contribution in [3.63, 3.8) is 0 Å². The topological polar surface area (TPSA) is 9.23 Å². The summed E-state index contributed by atoms with van der Waals surface area (Å²) in [5.74, 6) is 0.438. The second kappa shape index (κ2) is 6.16. The number of halogens is 5. The minimum absolute atomic E-state index is 0.00657. The zero-order valence-electron chi connectivity index (χ0n) is 10.9. The fourth-order valence-electron chi connectivity index (χ4n) is 2.00. The van der Waals surface area contributed by atoms with E-state index >= 15 is 0 Å². The Hall–Kier alpha value is -1.39. The van der Waals surface area contributed by atoms with Gasteiger partial charge in [0.25, 0.3) is 0 Å². The standard InChI is InChI=1S/C15H11Cl2F3O/c1-21-13-7-6-9(8-12(13)16)14(17)10-4-2-3-5-11(10)15(18,19)20/h2-8,14H,1H3. The van der Waals surface area contributed by atoms with Crippen LogP contribution < -0.4 is 4.74 Å². The molecule has 0 bridgehead atoms. The Kier molecular flexibility index (Phi) is 4.69. The van der Waals surface area contributed by atoms with Crippen LogP contribution in [0.15, 0.2) is 42.5 Å². The average Bonchev–Trinajstić information content (AvgIpc) is 2.45. The molecule has 0 aliphatic heterocycles. The average molecular weight is 335 g/mol. The summed E-state index contributed by atoms with van der Waals surface area (Å²) in [6.45, 7) is 0. The second-order valence-corrected chi connectivity index (χ2v) is 5.19. The maximum absolute atomic E-state index is 13.0. The highest BCUT2D eigenvalue weighted by molar-refractivity contribution is 6.32. The lowest BCUT2D eigenvalue weighted by Gasteiger charge is -2.17. The monoisotopic (exact) mass is 334 g/mol. The van der Waals surface area contributed by atoms with Crippen molar-refractivity contribution in [2.45, 2.75) is 11.6 Å². The van der Waals surface area contributed by atoms with Crippen molar-refractivity contribution in [3.05, 3.63) is 64.2 Å². The van der Waals surface area contributed by atoms with E-state index in [1.54, 1.807) is 12.1 Å². The van der Waals surface area contributed by atoms with E-state index in [0.717, 1.165) is 6.07 Å². The van der Waals surface area contributed by atoms with Crippen LogP contribution in [0.25, 0.3) is 0 Å². The fourth-order valence-corrected chi connectivity index (χ4v) is 2.59. The Morgan fingerprint density at radius 1 is 1.10 bits per heavy atom. The summed E-state index contributed by atoms with van der Waals surface area (Å²) in [4.78, 5) is 0. The maximum atomic E-state index is 13.0. The van der Waals surface area contributed by atoms with Gasteiger partial charge in [0.1, 0.15) is 5.75 Å². The largest absolute Gasteiger partial charge is 0.495 e. The van der Waals surface area contributed by atoms with Gasteiger partial charge >= 0.3 is 6.18 Å². The molecule has 0 aliphatic rings. The number of rotatable bonds is 3. The second-order valence-electron chi connectivity index (χ2n) is 4.34. The molecular formula is C15H11Cl2F3O. The van der Waals surface area contributed by atoms with E-state index in [1.807, 2.05) is 0 Å². The molecule has 0 aliphatic carbocycles. The van der Waals surface area contributed by atoms with Gasteiger partial charge in [-0.15, -0.1) is 11.6 Å². The van der Waals surface area contributed by atoms with Crippen molar-refractivity contribution in [1.29, 1.82) is 0 Å². The summed E-state index contributed by atoms with van der Waals surface area (Å²) in [7, 11) is 1.46.